The predicted molar refractivity (Wildman–Crippen MR) is 66.7 cm³/mol. The molecule has 1 aromatic carbocycles. The highest BCUT2D eigenvalue weighted by Crippen LogP contribution is 2.24. The van der Waals surface area contributed by atoms with Crippen LogP contribution in [0.4, 0.5) is 0 Å². The Kier molecular flexibility index (Phi) is 3.69. The average Bonchev–Trinajstić information content (AvgIpc) is 2.89. The number of rotatable bonds is 4. The van der Waals surface area contributed by atoms with Gasteiger partial charge in [0.25, 0.3) is 0 Å². The van der Waals surface area contributed by atoms with Gasteiger partial charge in [0.15, 0.2) is 5.96 Å². The van der Waals surface area contributed by atoms with Crippen molar-refractivity contribution in [1.29, 1.82) is 0 Å². The number of hydrogen-bond donors (Lipinski definition) is 2. The van der Waals surface area contributed by atoms with Gasteiger partial charge in [-0.2, -0.15) is 0 Å². The highest BCUT2D eigenvalue weighted by atomic mass is 16.5. The summed E-state index contributed by atoms with van der Waals surface area (Å²) in [5, 5.41) is 6.39. The van der Waals surface area contributed by atoms with Crippen LogP contribution >= 0.6 is 0 Å². The van der Waals surface area contributed by atoms with E-state index in [9.17, 15) is 0 Å². The zero-order valence-corrected chi connectivity index (χ0v) is 10.1. The van der Waals surface area contributed by atoms with Crippen LogP contribution in [0.3, 0.4) is 0 Å². The van der Waals surface area contributed by atoms with Crippen molar-refractivity contribution >= 4 is 5.96 Å². The smallest absolute Gasteiger partial charge is 0.191 e. The zero-order chi connectivity index (χ0) is 12.1. The third-order valence-corrected chi connectivity index (χ3v) is 2.61. The molecule has 5 heteroatoms. The molecule has 1 aliphatic heterocycles. The Bertz CT molecular complexity index is 418. The Balaban J connectivity index is 2.04. The van der Waals surface area contributed by atoms with Crippen LogP contribution in [-0.4, -0.2) is 33.3 Å². The standard InChI is InChI=1S/C12H17N3O2/c1-16-10-4-3-9(11(7-10)17-2)8-15-12-13-5-6-14-12/h3-4,7H,5-6,8H2,1-2H3,(H2,13,14,15). The molecule has 0 amide bonds. The van der Waals surface area contributed by atoms with E-state index in [0.717, 1.165) is 36.1 Å². The van der Waals surface area contributed by atoms with Crippen LogP contribution < -0.4 is 20.1 Å². The Morgan fingerprint density at radius 1 is 1.35 bits per heavy atom. The normalized spacial score (nSPS) is 13.9. The van der Waals surface area contributed by atoms with Gasteiger partial charge in [-0.3, -0.25) is 4.99 Å². The lowest BCUT2D eigenvalue weighted by molar-refractivity contribution is 0.390. The van der Waals surface area contributed by atoms with Gasteiger partial charge >= 0.3 is 0 Å². The number of hydrogen-bond acceptors (Lipinski definition) is 5. The molecule has 0 saturated heterocycles. The Morgan fingerprint density at radius 3 is 2.88 bits per heavy atom. The number of aliphatic imine (C=N–C) groups is 1. The van der Waals surface area contributed by atoms with Crippen LogP contribution in [0.15, 0.2) is 23.2 Å². The van der Waals surface area contributed by atoms with Crippen LogP contribution in [0.1, 0.15) is 5.56 Å². The van der Waals surface area contributed by atoms with E-state index in [4.69, 9.17) is 9.47 Å². The quantitative estimate of drug-likeness (QED) is 0.808. The molecule has 1 heterocycles. The monoisotopic (exact) mass is 235 g/mol. The molecule has 0 unspecified atom stereocenters. The summed E-state index contributed by atoms with van der Waals surface area (Å²) in [5.74, 6) is 2.46. The van der Waals surface area contributed by atoms with Gasteiger partial charge in [0.05, 0.1) is 20.8 Å². The molecular weight excluding hydrogens is 218 g/mol. The zero-order valence-electron chi connectivity index (χ0n) is 10.1. The van der Waals surface area contributed by atoms with E-state index in [1.54, 1.807) is 14.2 Å². The summed E-state index contributed by atoms with van der Waals surface area (Å²) >= 11 is 0. The minimum atomic E-state index is 0.680. The summed E-state index contributed by atoms with van der Waals surface area (Å²) in [6.07, 6.45) is 0. The van der Waals surface area contributed by atoms with Crippen molar-refractivity contribution < 1.29 is 9.47 Å². The Labute approximate surface area is 101 Å². The number of methoxy groups -OCH3 is 2. The molecule has 0 spiro atoms. The van der Waals surface area contributed by atoms with E-state index in [-0.39, 0.29) is 0 Å². The molecule has 1 aromatic rings. The first-order valence-corrected chi connectivity index (χ1v) is 5.56. The summed E-state index contributed by atoms with van der Waals surface area (Å²) in [4.78, 5) is 4.27. The van der Waals surface area contributed by atoms with Gasteiger partial charge in [0, 0.05) is 24.7 Å². The topological polar surface area (TPSA) is 54.9 Å². The minimum Gasteiger partial charge on any atom is -0.497 e. The molecule has 2 N–H and O–H groups in total. The molecule has 0 bridgehead atoms. The van der Waals surface area contributed by atoms with Crippen molar-refractivity contribution in [2.24, 2.45) is 4.99 Å². The van der Waals surface area contributed by atoms with Gasteiger partial charge < -0.3 is 20.1 Å². The van der Waals surface area contributed by atoms with Crippen LogP contribution in [0.25, 0.3) is 0 Å². The SMILES string of the molecule is COc1ccc(CNC2=NCCN2)c(OC)c1. The molecule has 5 nitrogen and oxygen atoms in total. The highest BCUT2D eigenvalue weighted by molar-refractivity contribution is 5.81. The predicted octanol–water partition coefficient (Wildman–Crippen LogP) is 0.753. The van der Waals surface area contributed by atoms with Crippen molar-refractivity contribution in [3.8, 4) is 11.5 Å². The van der Waals surface area contributed by atoms with E-state index in [2.05, 4.69) is 15.6 Å². The molecule has 0 radical (unpaired) electrons. The first kappa shape index (κ1) is 11.6. The lowest BCUT2D eigenvalue weighted by Gasteiger charge is -2.11. The van der Waals surface area contributed by atoms with E-state index in [1.165, 1.54) is 0 Å². The summed E-state index contributed by atoms with van der Waals surface area (Å²) in [6, 6.07) is 5.78. The molecule has 1 aliphatic rings. The third-order valence-electron chi connectivity index (χ3n) is 2.61. The largest absolute Gasteiger partial charge is 0.497 e. The highest BCUT2D eigenvalue weighted by Gasteiger charge is 2.07. The minimum absolute atomic E-state index is 0.680. The molecule has 17 heavy (non-hydrogen) atoms. The summed E-state index contributed by atoms with van der Waals surface area (Å²) in [7, 11) is 3.30. The fourth-order valence-corrected chi connectivity index (χ4v) is 1.69. The van der Waals surface area contributed by atoms with E-state index in [0.29, 0.717) is 6.54 Å². The summed E-state index contributed by atoms with van der Waals surface area (Å²) < 4.78 is 10.5. The number of nitrogens with one attached hydrogen (secondary N) is 2. The molecule has 2 rings (SSSR count). The Morgan fingerprint density at radius 2 is 2.24 bits per heavy atom. The molecule has 0 aromatic heterocycles. The van der Waals surface area contributed by atoms with Crippen molar-refractivity contribution in [1.82, 2.24) is 10.6 Å². The maximum atomic E-state index is 5.32. The van der Waals surface area contributed by atoms with E-state index >= 15 is 0 Å². The van der Waals surface area contributed by atoms with Gasteiger partial charge in [-0.15, -0.1) is 0 Å². The second-order valence-corrected chi connectivity index (χ2v) is 3.69. The average molecular weight is 235 g/mol. The van der Waals surface area contributed by atoms with Crippen molar-refractivity contribution in [3.63, 3.8) is 0 Å². The lowest BCUT2D eigenvalue weighted by Crippen LogP contribution is -2.33. The maximum Gasteiger partial charge on any atom is 0.191 e. The van der Waals surface area contributed by atoms with Gasteiger partial charge in [0.1, 0.15) is 11.5 Å². The fourth-order valence-electron chi connectivity index (χ4n) is 1.69. The van der Waals surface area contributed by atoms with Gasteiger partial charge in [0.2, 0.25) is 0 Å². The molecule has 0 aliphatic carbocycles. The summed E-state index contributed by atoms with van der Waals surface area (Å²) in [6.45, 7) is 2.42. The molecular formula is C12H17N3O2. The second-order valence-electron chi connectivity index (χ2n) is 3.69. The summed E-state index contributed by atoms with van der Waals surface area (Å²) in [5.41, 5.74) is 1.07. The molecule has 0 atom stereocenters. The van der Waals surface area contributed by atoms with Crippen LogP contribution in [0.5, 0.6) is 11.5 Å². The Hall–Kier alpha value is -1.91. The van der Waals surface area contributed by atoms with Gasteiger partial charge in [-0.05, 0) is 12.1 Å². The fraction of sp³-hybridized carbons (Fsp3) is 0.417. The van der Waals surface area contributed by atoms with E-state index < -0.39 is 0 Å². The van der Waals surface area contributed by atoms with E-state index in [1.807, 2.05) is 18.2 Å². The molecule has 0 saturated carbocycles. The first-order chi connectivity index (χ1) is 8.33. The van der Waals surface area contributed by atoms with Crippen LogP contribution in [0, 0.1) is 0 Å². The number of guanidine groups is 1. The number of ether oxygens (including phenoxy) is 2. The van der Waals surface area contributed by atoms with Gasteiger partial charge in [-0.25, -0.2) is 0 Å². The van der Waals surface area contributed by atoms with Crippen molar-refractivity contribution in [2.75, 3.05) is 27.3 Å². The van der Waals surface area contributed by atoms with Crippen LogP contribution in [0.2, 0.25) is 0 Å². The third kappa shape index (κ3) is 2.81. The molecule has 92 valence electrons. The second kappa shape index (κ2) is 5.43. The lowest BCUT2D eigenvalue weighted by atomic mass is 10.2. The van der Waals surface area contributed by atoms with Crippen LogP contribution in [-0.2, 0) is 6.54 Å². The molecule has 0 fully saturated rings. The number of nitrogens with zero attached hydrogens (tertiary/aromatic N) is 1. The number of benzene rings is 1. The van der Waals surface area contributed by atoms with Crippen molar-refractivity contribution in [3.05, 3.63) is 23.8 Å². The van der Waals surface area contributed by atoms with Gasteiger partial charge in [-0.1, -0.05) is 0 Å². The maximum absolute atomic E-state index is 5.32. The van der Waals surface area contributed by atoms with Crippen molar-refractivity contribution in [2.45, 2.75) is 6.54 Å². The first-order valence-electron chi connectivity index (χ1n) is 5.56.